The molecule has 6 nitrogen and oxygen atoms in total. The van der Waals surface area contributed by atoms with E-state index in [4.69, 9.17) is 27.9 Å². The van der Waals surface area contributed by atoms with Gasteiger partial charge in [-0.05, 0) is 62.1 Å². The number of hydrogen-bond acceptors (Lipinski definition) is 4. The summed E-state index contributed by atoms with van der Waals surface area (Å²) >= 11 is 11.9. The van der Waals surface area contributed by atoms with Gasteiger partial charge in [0, 0.05) is 19.6 Å². The number of amides is 1. The molecule has 1 saturated heterocycles. The molecular weight excluding hydrogens is 471 g/mol. The van der Waals surface area contributed by atoms with Crippen LogP contribution in [0.15, 0.2) is 42.5 Å². The Morgan fingerprint density at radius 2 is 1.81 bits per heavy atom. The molecule has 0 bridgehead atoms. The Labute approximate surface area is 199 Å². The van der Waals surface area contributed by atoms with Crippen molar-refractivity contribution in [1.29, 1.82) is 0 Å². The molecule has 1 N–H and O–H groups in total. The summed E-state index contributed by atoms with van der Waals surface area (Å²) in [6.45, 7) is 4.90. The first-order valence-electron chi connectivity index (χ1n) is 10.6. The third-order valence-electron chi connectivity index (χ3n) is 5.24. The Morgan fingerprint density at radius 1 is 1.12 bits per heavy atom. The van der Waals surface area contributed by atoms with Crippen LogP contribution in [-0.2, 0) is 27.1 Å². The van der Waals surface area contributed by atoms with Crippen LogP contribution >= 0.6 is 23.2 Å². The summed E-state index contributed by atoms with van der Waals surface area (Å²) in [6.07, 6.45) is 1.40. The van der Waals surface area contributed by atoms with Crippen molar-refractivity contribution in [2.75, 3.05) is 13.1 Å². The lowest BCUT2D eigenvalue weighted by Gasteiger charge is -2.31. The third kappa shape index (κ3) is 6.85. The molecule has 9 heteroatoms. The van der Waals surface area contributed by atoms with Crippen molar-refractivity contribution in [3.05, 3.63) is 63.6 Å². The molecule has 1 aliphatic heterocycles. The first-order chi connectivity index (χ1) is 15.1. The van der Waals surface area contributed by atoms with Gasteiger partial charge in [0.1, 0.15) is 5.75 Å². The maximum Gasteiger partial charge on any atom is 0.224 e. The maximum absolute atomic E-state index is 12.9. The fourth-order valence-corrected chi connectivity index (χ4v) is 5.55. The van der Waals surface area contributed by atoms with E-state index < -0.39 is 10.0 Å². The normalized spacial score (nSPS) is 17.3. The summed E-state index contributed by atoms with van der Waals surface area (Å²) < 4.78 is 32.9. The van der Waals surface area contributed by atoms with Crippen LogP contribution in [0.1, 0.15) is 37.8 Å². The number of halogens is 2. The molecule has 1 heterocycles. The van der Waals surface area contributed by atoms with Crippen molar-refractivity contribution in [1.82, 2.24) is 9.62 Å². The number of ether oxygens (including phenoxy) is 1. The van der Waals surface area contributed by atoms with Gasteiger partial charge in [0.15, 0.2) is 0 Å². The average Bonchev–Trinajstić information content (AvgIpc) is 2.75. The third-order valence-corrected chi connectivity index (χ3v) is 7.80. The van der Waals surface area contributed by atoms with Crippen LogP contribution < -0.4 is 10.1 Å². The zero-order chi connectivity index (χ0) is 23.3. The van der Waals surface area contributed by atoms with Crippen molar-refractivity contribution in [3.8, 4) is 5.75 Å². The van der Waals surface area contributed by atoms with E-state index in [1.807, 2.05) is 38.1 Å². The van der Waals surface area contributed by atoms with E-state index in [1.54, 1.807) is 18.2 Å². The van der Waals surface area contributed by atoms with Gasteiger partial charge in [-0.2, -0.15) is 0 Å². The predicted octanol–water partition coefficient (Wildman–Crippen LogP) is 4.64. The Kier molecular flexibility index (Phi) is 8.44. The summed E-state index contributed by atoms with van der Waals surface area (Å²) in [5.41, 5.74) is 1.52. The van der Waals surface area contributed by atoms with Gasteiger partial charge in [-0.25, -0.2) is 12.7 Å². The molecule has 0 saturated carbocycles. The van der Waals surface area contributed by atoms with E-state index in [0.717, 1.165) is 11.3 Å². The number of piperidine rings is 1. The van der Waals surface area contributed by atoms with Crippen LogP contribution in [0.25, 0.3) is 0 Å². The zero-order valence-corrected chi connectivity index (χ0v) is 20.5. The monoisotopic (exact) mass is 498 g/mol. The van der Waals surface area contributed by atoms with Crippen molar-refractivity contribution in [2.24, 2.45) is 5.92 Å². The van der Waals surface area contributed by atoms with E-state index in [-0.39, 0.29) is 30.2 Å². The van der Waals surface area contributed by atoms with Gasteiger partial charge in [-0.15, -0.1) is 0 Å². The minimum Gasteiger partial charge on any atom is -0.491 e. The van der Waals surface area contributed by atoms with Crippen LogP contribution in [0.3, 0.4) is 0 Å². The summed E-state index contributed by atoms with van der Waals surface area (Å²) in [6, 6.07) is 12.4. The molecule has 1 amide bonds. The van der Waals surface area contributed by atoms with Crippen LogP contribution in [0.2, 0.25) is 10.0 Å². The first kappa shape index (κ1) is 24.8. The second-order valence-electron chi connectivity index (χ2n) is 8.23. The Balaban J connectivity index is 1.56. The van der Waals surface area contributed by atoms with Gasteiger partial charge in [0.25, 0.3) is 0 Å². The van der Waals surface area contributed by atoms with Gasteiger partial charge in [0.2, 0.25) is 15.9 Å². The summed E-state index contributed by atoms with van der Waals surface area (Å²) in [5, 5.41) is 3.63. The van der Waals surface area contributed by atoms with E-state index in [2.05, 4.69) is 5.32 Å². The highest BCUT2D eigenvalue weighted by atomic mass is 35.5. The summed E-state index contributed by atoms with van der Waals surface area (Å²) in [4.78, 5) is 12.7. The van der Waals surface area contributed by atoms with Crippen LogP contribution in [-0.4, -0.2) is 37.8 Å². The molecule has 0 spiro atoms. The minimum absolute atomic E-state index is 0.0998. The SMILES string of the molecule is CC(C)Oc1ccc(CNC(=O)[C@@H]2CCCN(S(=O)(=O)Cc3ccc(Cl)c(Cl)c3)C2)cc1. The van der Waals surface area contributed by atoms with E-state index in [1.165, 1.54) is 4.31 Å². The molecule has 32 heavy (non-hydrogen) atoms. The second kappa shape index (κ2) is 10.9. The fourth-order valence-electron chi connectivity index (χ4n) is 3.63. The molecule has 3 rings (SSSR count). The van der Waals surface area contributed by atoms with Gasteiger partial charge in [-0.1, -0.05) is 41.4 Å². The Bertz CT molecular complexity index is 1040. The van der Waals surface area contributed by atoms with E-state index in [9.17, 15) is 13.2 Å². The van der Waals surface area contributed by atoms with Gasteiger partial charge < -0.3 is 10.1 Å². The number of carbonyl (C=O) groups excluding carboxylic acids is 1. The first-order valence-corrected chi connectivity index (χ1v) is 13.0. The molecule has 0 unspecified atom stereocenters. The van der Waals surface area contributed by atoms with E-state index in [0.29, 0.717) is 41.5 Å². The molecule has 0 radical (unpaired) electrons. The molecule has 1 atom stereocenters. The minimum atomic E-state index is -3.58. The largest absolute Gasteiger partial charge is 0.491 e. The number of rotatable bonds is 8. The molecule has 2 aromatic rings. The number of nitrogens with zero attached hydrogens (tertiary/aromatic N) is 1. The highest BCUT2D eigenvalue weighted by Gasteiger charge is 2.32. The predicted molar refractivity (Wildman–Crippen MR) is 127 cm³/mol. The van der Waals surface area contributed by atoms with Gasteiger partial charge >= 0.3 is 0 Å². The zero-order valence-electron chi connectivity index (χ0n) is 18.2. The summed E-state index contributed by atoms with van der Waals surface area (Å²) in [7, 11) is -3.58. The van der Waals surface area contributed by atoms with Gasteiger partial charge in [0.05, 0.1) is 27.8 Å². The Hall–Kier alpha value is -1.80. The van der Waals surface area contributed by atoms with E-state index >= 15 is 0 Å². The molecule has 0 aromatic heterocycles. The second-order valence-corrected chi connectivity index (χ2v) is 11.0. The van der Waals surface area contributed by atoms with Crippen molar-refractivity contribution in [2.45, 2.75) is 45.1 Å². The summed E-state index contributed by atoms with van der Waals surface area (Å²) in [5.74, 6) is 0.0891. The number of hydrogen-bond donors (Lipinski definition) is 1. The van der Waals surface area contributed by atoms with Crippen LogP contribution in [0.5, 0.6) is 5.75 Å². The molecule has 1 aliphatic rings. The maximum atomic E-state index is 12.9. The number of benzene rings is 2. The standard InChI is InChI=1S/C23H28Cl2N2O4S/c1-16(2)31-20-8-5-17(6-9-20)13-26-23(28)19-4-3-11-27(14-19)32(29,30)15-18-7-10-21(24)22(25)12-18/h5-10,12,16,19H,3-4,11,13-15H2,1-2H3,(H,26,28)/t19-/m1/s1. The average molecular weight is 499 g/mol. The highest BCUT2D eigenvalue weighted by molar-refractivity contribution is 7.88. The molecule has 2 aromatic carbocycles. The quantitative estimate of drug-likeness (QED) is 0.575. The molecule has 174 valence electrons. The number of nitrogens with one attached hydrogen (secondary N) is 1. The number of carbonyl (C=O) groups is 1. The lowest BCUT2D eigenvalue weighted by molar-refractivity contribution is -0.126. The molecular formula is C23H28Cl2N2O4S. The molecule has 0 aliphatic carbocycles. The number of sulfonamides is 1. The van der Waals surface area contributed by atoms with Gasteiger partial charge in [-0.3, -0.25) is 4.79 Å². The van der Waals surface area contributed by atoms with Crippen molar-refractivity contribution < 1.29 is 17.9 Å². The van der Waals surface area contributed by atoms with Crippen molar-refractivity contribution >= 4 is 39.1 Å². The van der Waals surface area contributed by atoms with Crippen molar-refractivity contribution in [3.63, 3.8) is 0 Å². The topological polar surface area (TPSA) is 75.7 Å². The lowest BCUT2D eigenvalue weighted by Crippen LogP contribution is -2.45. The fraction of sp³-hybridized carbons (Fsp3) is 0.435. The van der Waals surface area contributed by atoms with Crippen LogP contribution in [0, 0.1) is 5.92 Å². The van der Waals surface area contributed by atoms with Crippen LogP contribution in [0.4, 0.5) is 0 Å². The Morgan fingerprint density at radius 3 is 2.47 bits per heavy atom. The highest BCUT2D eigenvalue weighted by Crippen LogP contribution is 2.26. The smallest absolute Gasteiger partial charge is 0.224 e. The lowest BCUT2D eigenvalue weighted by atomic mass is 9.99. The molecule has 1 fully saturated rings.